The van der Waals surface area contributed by atoms with E-state index in [1.54, 1.807) is 18.2 Å². The van der Waals surface area contributed by atoms with Crippen molar-refractivity contribution in [2.45, 2.75) is 19.3 Å². The fourth-order valence-electron chi connectivity index (χ4n) is 2.51. The van der Waals surface area contributed by atoms with Gasteiger partial charge in [-0.3, -0.25) is 20.3 Å². The highest BCUT2D eigenvalue weighted by atomic mass is 35.5. The van der Waals surface area contributed by atoms with Gasteiger partial charge in [-0.05, 0) is 37.6 Å². The van der Waals surface area contributed by atoms with Crippen LogP contribution in [0.1, 0.15) is 29.6 Å². The largest absolute Gasteiger partial charge is 0.304 e. The molecule has 0 spiro atoms. The molecule has 1 aromatic rings. The maximum absolute atomic E-state index is 12.2. The summed E-state index contributed by atoms with van der Waals surface area (Å²) in [6.45, 7) is 4.64. The van der Waals surface area contributed by atoms with Crippen molar-refractivity contribution in [1.82, 2.24) is 20.9 Å². The molecule has 0 aromatic heterocycles. The zero-order valence-corrected chi connectivity index (χ0v) is 14.7. The van der Waals surface area contributed by atoms with Crippen LogP contribution in [0.25, 0.3) is 0 Å². The number of hydrogen-bond acceptors (Lipinski definition) is 5. The van der Waals surface area contributed by atoms with Gasteiger partial charge in [-0.15, -0.1) is 0 Å². The highest BCUT2D eigenvalue weighted by molar-refractivity contribution is 6.36. The topological polar surface area (TPSA) is 56.4 Å². The lowest BCUT2D eigenvalue weighted by Gasteiger charge is -2.24. The van der Waals surface area contributed by atoms with Crippen molar-refractivity contribution in [2.75, 3.05) is 39.6 Å². The van der Waals surface area contributed by atoms with Crippen LogP contribution < -0.4 is 16.0 Å². The summed E-state index contributed by atoms with van der Waals surface area (Å²) in [6, 6.07) is 4.95. The number of nitrogens with zero attached hydrogens (tertiary/aromatic N) is 1. The highest BCUT2D eigenvalue weighted by Crippen LogP contribution is 2.21. The van der Waals surface area contributed by atoms with Crippen LogP contribution in [0.15, 0.2) is 18.2 Å². The molecule has 2 rings (SSSR count). The molecule has 1 aliphatic heterocycles. The van der Waals surface area contributed by atoms with Crippen molar-refractivity contribution in [3.05, 3.63) is 33.8 Å². The summed E-state index contributed by atoms with van der Waals surface area (Å²) in [5.41, 5.74) is 0.506. The molecule has 0 aliphatic carbocycles. The van der Waals surface area contributed by atoms with E-state index in [9.17, 15) is 4.79 Å². The Bertz CT molecular complexity index is 503. The Morgan fingerprint density at radius 3 is 2.91 bits per heavy atom. The van der Waals surface area contributed by atoms with Crippen LogP contribution in [0, 0.1) is 0 Å². The van der Waals surface area contributed by atoms with Gasteiger partial charge in [-0.2, -0.15) is 0 Å². The zero-order chi connectivity index (χ0) is 16.5. The van der Waals surface area contributed by atoms with Gasteiger partial charge in [-0.25, -0.2) is 0 Å². The van der Waals surface area contributed by atoms with Crippen molar-refractivity contribution in [1.29, 1.82) is 0 Å². The quantitative estimate of drug-likeness (QED) is 0.705. The third-order valence-electron chi connectivity index (χ3n) is 3.77. The second-order valence-corrected chi connectivity index (χ2v) is 6.52. The minimum Gasteiger partial charge on any atom is -0.304 e. The van der Waals surface area contributed by atoms with Crippen LogP contribution in [-0.2, 0) is 0 Å². The number of hydrogen-bond donors (Lipinski definition) is 3. The Morgan fingerprint density at radius 2 is 2.09 bits per heavy atom. The summed E-state index contributed by atoms with van der Waals surface area (Å²) >= 11 is 11.9. The number of rotatable bonds is 5. The molecule has 0 unspecified atom stereocenters. The van der Waals surface area contributed by atoms with E-state index in [0.717, 1.165) is 26.4 Å². The van der Waals surface area contributed by atoms with E-state index in [-0.39, 0.29) is 12.3 Å². The molecule has 5 nitrogen and oxygen atoms in total. The molecule has 0 saturated carbocycles. The fraction of sp³-hybridized carbons (Fsp3) is 0.562. The van der Waals surface area contributed by atoms with Crippen LogP contribution in [-0.4, -0.2) is 50.3 Å². The number of benzene rings is 1. The predicted octanol–water partition coefficient (Wildman–Crippen LogP) is 2.30. The molecule has 1 aromatic carbocycles. The van der Waals surface area contributed by atoms with Crippen LogP contribution in [0.2, 0.25) is 10.0 Å². The molecule has 3 N–H and O–H groups in total. The van der Waals surface area contributed by atoms with Crippen molar-refractivity contribution < 1.29 is 4.79 Å². The second kappa shape index (κ2) is 10.2. The molecule has 1 aliphatic rings. The maximum atomic E-state index is 12.2. The van der Waals surface area contributed by atoms with Gasteiger partial charge < -0.3 is 5.32 Å². The summed E-state index contributed by atoms with van der Waals surface area (Å²) in [5.74, 6) is -0.0256. The lowest BCUT2D eigenvalue weighted by Crippen LogP contribution is -2.45. The number of halogens is 2. The summed E-state index contributed by atoms with van der Waals surface area (Å²) in [7, 11) is 0. The Morgan fingerprint density at radius 1 is 1.22 bits per heavy atom. The standard InChI is InChI=1S/C16H24Cl2N4O/c17-13-4-5-14(15(18)8-13)16(23)9-20-11-22-7-3-1-2-6-19-10-21-12-22/h4-5,8,19-21H,1-3,6-7,9-12H2. The highest BCUT2D eigenvalue weighted by Gasteiger charge is 2.11. The van der Waals surface area contributed by atoms with Gasteiger partial charge in [-0.1, -0.05) is 29.6 Å². The molecular formula is C16H24Cl2N4O. The zero-order valence-electron chi connectivity index (χ0n) is 13.2. The van der Waals surface area contributed by atoms with Gasteiger partial charge in [0.05, 0.1) is 18.2 Å². The minimum atomic E-state index is -0.0256. The van der Waals surface area contributed by atoms with Gasteiger partial charge in [0.15, 0.2) is 5.78 Å². The SMILES string of the molecule is O=C(CNCN1CCCCCNCNC1)c1ccc(Cl)cc1Cl. The molecule has 23 heavy (non-hydrogen) atoms. The second-order valence-electron chi connectivity index (χ2n) is 5.67. The van der Waals surface area contributed by atoms with Crippen LogP contribution in [0.3, 0.4) is 0 Å². The van der Waals surface area contributed by atoms with E-state index in [4.69, 9.17) is 23.2 Å². The van der Waals surface area contributed by atoms with Crippen molar-refractivity contribution >= 4 is 29.0 Å². The molecular weight excluding hydrogens is 335 g/mol. The fourth-order valence-corrected chi connectivity index (χ4v) is 3.02. The molecule has 1 fully saturated rings. The molecule has 0 amide bonds. The molecule has 1 saturated heterocycles. The van der Waals surface area contributed by atoms with E-state index >= 15 is 0 Å². The van der Waals surface area contributed by atoms with E-state index in [0.29, 0.717) is 22.3 Å². The van der Waals surface area contributed by atoms with Crippen molar-refractivity contribution in [2.24, 2.45) is 0 Å². The van der Waals surface area contributed by atoms with Gasteiger partial charge in [0.2, 0.25) is 0 Å². The number of carbonyl (C=O) groups is 1. The van der Waals surface area contributed by atoms with E-state index < -0.39 is 0 Å². The van der Waals surface area contributed by atoms with Crippen molar-refractivity contribution in [3.8, 4) is 0 Å². The molecule has 0 bridgehead atoms. The van der Waals surface area contributed by atoms with E-state index in [1.165, 1.54) is 19.3 Å². The lowest BCUT2D eigenvalue weighted by atomic mass is 10.1. The van der Waals surface area contributed by atoms with E-state index in [1.807, 2.05) is 0 Å². The average Bonchev–Trinajstić information content (AvgIpc) is 2.53. The monoisotopic (exact) mass is 358 g/mol. The number of Topliss-reactive ketones (excluding diaryl/α,β-unsaturated/α-hetero) is 1. The molecule has 0 atom stereocenters. The van der Waals surface area contributed by atoms with Crippen LogP contribution in [0.4, 0.5) is 0 Å². The normalized spacial score (nSPS) is 17.8. The van der Waals surface area contributed by atoms with Crippen LogP contribution in [0.5, 0.6) is 0 Å². The molecule has 0 radical (unpaired) electrons. The molecule has 128 valence electrons. The Kier molecular flexibility index (Phi) is 8.30. The third-order valence-corrected chi connectivity index (χ3v) is 4.31. The first-order valence-electron chi connectivity index (χ1n) is 7.99. The van der Waals surface area contributed by atoms with Gasteiger partial charge in [0, 0.05) is 30.5 Å². The first-order valence-corrected chi connectivity index (χ1v) is 8.75. The van der Waals surface area contributed by atoms with Gasteiger partial charge >= 0.3 is 0 Å². The van der Waals surface area contributed by atoms with Crippen molar-refractivity contribution in [3.63, 3.8) is 0 Å². The first-order chi connectivity index (χ1) is 11.2. The van der Waals surface area contributed by atoms with Gasteiger partial charge in [0.1, 0.15) is 0 Å². The van der Waals surface area contributed by atoms with Crippen LogP contribution >= 0.6 is 23.2 Å². The number of nitrogens with one attached hydrogen (secondary N) is 3. The lowest BCUT2D eigenvalue weighted by molar-refractivity contribution is 0.0982. The maximum Gasteiger partial charge on any atom is 0.178 e. The summed E-state index contributed by atoms with van der Waals surface area (Å²) < 4.78 is 0. The van der Waals surface area contributed by atoms with Gasteiger partial charge in [0.25, 0.3) is 0 Å². The Hall–Kier alpha value is -0.690. The number of carbonyl (C=O) groups excluding carboxylic acids is 1. The summed E-state index contributed by atoms with van der Waals surface area (Å²) in [4.78, 5) is 14.5. The summed E-state index contributed by atoms with van der Waals surface area (Å²) in [6.07, 6.45) is 3.60. The number of ketones is 1. The first kappa shape index (κ1) is 18.6. The molecule has 7 heteroatoms. The Balaban J connectivity index is 1.76. The smallest absolute Gasteiger partial charge is 0.178 e. The molecule has 1 heterocycles. The minimum absolute atomic E-state index is 0.0256. The van der Waals surface area contributed by atoms with E-state index in [2.05, 4.69) is 20.9 Å². The summed E-state index contributed by atoms with van der Waals surface area (Å²) in [5, 5.41) is 10.8. The predicted molar refractivity (Wildman–Crippen MR) is 95.1 cm³/mol. The Labute approximate surface area is 147 Å². The third kappa shape index (κ3) is 6.75. The average molecular weight is 359 g/mol.